The van der Waals surface area contributed by atoms with Crippen LogP contribution in [0.2, 0.25) is 0 Å². The highest BCUT2D eigenvalue weighted by Crippen LogP contribution is 2.31. The molecule has 3 nitrogen and oxygen atoms in total. The molecule has 1 heterocycles. The van der Waals surface area contributed by atoms with Crippen LogP contribution in [-0.4, -0.2) is 36.1 Å². The zero-order valence-corrected chi connectivity index (χ0v) is 11.7. The number of cyclic esters (lactones) is 1. The zero-order chi connectivity index (χ0) is 12.8. The van der Waals surface area contributed by atoms with Crippen molar-refractivity contribution >= 4 is 5.97 Å². The molecule has 1 atom stereocenters. The summed E-state index contributed by atoms with van der Waals surface area (Å²) in [6, 6.07) is 0.590. The highest BCUT2D eigenvalue weighted by molar-refractivity contribution is 5.76. The van der Waals surface area contributed by atoms with Gasteiger partial charge >= 0.3 is 5.97 Å². The van der Waals surface area contributed by atoms with Gasteiger partial charge in [0.05, 0.1) is 6.42 Å². The van der Waals surface area contributed by atoms with Crippen LogP contribution in [0.4, 0.5) is 0 Å². The summed E-state index contributed by atoms with van der Waals surface area (Å²) in [6.45, 7) is 11.5. The number of hydrogen-bond acceptors (Lipinski definition) is 3. The summed E-state index contributed by atoms with van der Waals surface area (Å²) in [7, 11) is 2.12. The van der Waals surface area contributed by atoms with E-state index in [1.807, 2.05) is 20.8 Å². The lowest BCUT2D eigenvalue weighted by Gasteiger charge is -2.37. The van der Waals surface area contributed by atoms with Crippen LogP contribution in [0.5, 0.6) is 0 Å². The summed E-state index contributed by atoms with van der Waals surface area (Å²) in [6.07, 6.45) is 2.67. The van der Waals surface area contributed by atoms with Crippen molar-refractivity contribution in [2.45, 2.75) is 65.5 Å². The number of ether oxygens (including phenoxy) is 1. The summed E-state index contributed by atoms with van der Waals surface area (Å²) < 4.78 is 5.11. The SMILES string of the molecule is CC.CC(C)N(C)CCCC1(C)CC(=O)O1. The predicted octanol–water partition coefficient (Wildman–Crippen LogP) is 2.84. The third-order valence-corrected chi connectivity index (χ3v) is 2.98. The minimum Gasteiger partial charge on any atom is -0.459 e. The molecule has 0 amide bonds. The zero-order valence-electron chi connectivity index (χ0n) is 11.7. The number of nitrogens with zero attached hydrogens (tertiary/aromatic N) is 1. The van der Waals surface area contributed by atoms with E-state index in [0.29, 0.717) is 12.5 Å². The number of esters is 1. The van der Waals surface area contributed by atoms with Crippen molar-refractivity contribution in [3.05, 3.63) is 0 Å². The Kier molecular flexibility index (Phi) is 6.65. The van der Waals surface area contributed by atoms with E-state index in [1.165, 1.54) is 0 Å². The van der Waals surface area contributed by atoms with Crippen molar-refractivity contribution in [1.29, 1.82) is 0 Å². The smallest absolute Gasteiger partial charge is 0.310 e. The van der Waals surface area contributed by atoms with Crippen LogP contribution < -0.4 is 0 Å². The van der Waals surface area contributed by atoms with Crippen molar-refractivity contribution < 1.29 is 9.53 Å². The van der Waals surface area contributed by atoms with Crippen LogP contribution in [0.3, 0.4) is 0 Å². The molecule has 1 saturated heterocycles. The third-order valence-electron chi connectivity index (χ3n) is 2.98. The second kappa shape index (κ2) is 6.89. The standard InChI is InChI=1S/C11H21NO2.C2H6/c1-9(2)12(4)7-5-6-11(3)8-10(13)14-11;1-2/h9H,5-8H2,1-4H3;1-2H3. The minimum atomic E-state index is -0.158. The molecule has 0 spiro atoms. The van der Waals surface area contributed by atoms with Crippen LogP contribution in [0.15, 0.2) is 0 Å². The highest BCUT2D eigenvalue weighted by Gasteiger charge is 2.40. The van der Waals surface area contributed by atoms with Gasteiger partial charge in [-0.1, -0.05) is 13.8 Å². The maximum Gasteiger partial charge on any atom is 0.310 e. The van der Waals surface area contributed by atoms with Gasteiger partial charge in [0.1, 0.15) is 5.60 Å². The normalized spacial score (nSPS) is 23.6. The van der Waals surface area contributed by atoms with Crippen LogP contribution in [0, 0.1) is 0 Å². The van der Waals surface area contributed by atoms with E-state index in [2.05, 4.69) is 25.8 Å². The lowest BCUT2D eigenvalue weighted by atomic mass is 9.91. The molecule has 1 unspecified atom stereocenters. The maximum absolute atomic E-state index is 10.7. The molecule has 0 bridgehead atoms. The number of rotatable bonds is 5. The Bertz CT molecular complexity index is 206. The number of carbonyl (C=O) groups is 1. The molecule has 0 aromatic rings. The fourth-order valence-electron chi connectivity index (χ4n) is 1.67. The van der Waals surface area contributed by atoms with E-state index in [-0.39, 0.29) is 11.6 Å². The van der Waals surface area contributed by atoms with Crippen LogP contribution in [0.1, 0.15) is 53.9 Å². The fourth-order valence-corrected chi connectivity index (χ4v) is 1.67. The quantitative estimate of drug-likeness (QED) is 0.679. The fraction of sp³-hybridized carbons (Fsp3) is 0.923. The van der Waals surface area contributed by atoms with Crippen molar-refractivity contribution in [2.24, 2.45) is 0 Å². The van der Waals surface area contributed by atoms with E-state index in [4.69, 9.17) is 4.74 Å². The topological polar surface area (TPSA) is 29.5 Å². The van der Waals surface area contributed by atoms with Gasteiger partial charge in [-0.15, -0.1) is 0 Å². The highest BCUT2D eigenvalue weighted by atomic mass is 16.6. The average molecular weight is 229 g/mol. The van der Waals surface area contributed by atoms with Crippen LogP contribution in [-0.2, 0) is 9.53 Å². The molecule has 0 radical (unpaired) electrons. The molecular weight excluding hydrogens is 202 g/mol. The molecule has 1 aliphatic heterocycles. The molecule has 0 saturated carbocycles. The molecule has 0 aromatic carbocycles. The molecule has 1 fully saturated rings. The van der Waals surface area contributed by atoms with Crippen molar-refractivity contribution in [3.63, 3.8) is 0 Å². The van der Waals surface area contributed by atoms with Gasteiger partial charge in [0.25, 0.3) is 0 Å². The Hall–Kier alpha value is -0.570. The maximum atomic E-state index is 10.7. The Balaban J connectivity index is 0.00000106. The molecular formula is C13H27NO2. The van der Waals surface area contributed by atoms with Crippen molar-refractivity contribution in [2.75, 3.05) is 13.6 Å². The Morgan fingerprint density at radius 1 is 1.44 bits per heavy atom. The van der Waals surface area contributed by atoms with E-state index in [1.54, 1.807) is 0 Å². The second-order valence-corrected chi connectivity index (χ2v) is 4.78. The van der Waals surface area contributed by atoms with Gasteiger partial charge in [-0.25, -0.2) is 0 Å². The summed E-state index contributed by atoms with van der Waals surface area (Å²) in [4.78, 5) is 13.0. The minimum absolute atomic E-state index is 0.0512. The van der Waals surface area contributed by atoms with Crippen molar-refractivity contribution in [1.82, 2.24) is 4.90 Å². The second-order valence-electron chi connectivity index (χ2n) is 4.78. The molecule has 96 valence electrons. The lowest BCUT2D eigenvalue weighted by Crippen LogP contribution is -2.45. The van der Waals surface area contributed by atoms with Crippen LogP contribution in [0.25, 0.3) is 0 Å². The summed E-state index contributed by atoms with van der Waals surface area (Å²) >= 11 is 0. The molecule has 0 N–H and O–H groups in total. The largest absolute Gasteiger partial charge is 0.459 e. The first-order valence-electron chi connectivity index (χ1n) is 6.35. The first-order valence-corrected chi connectivity index (χ1v) is 6.35. The van der Waals surface area contributed by atoms with Crippen LogP contribution >= 0.6 is 0 Å². The molecule has 16 heavy (non-hydrogen) atoms. The van der Waals surface area contributed by atoms with Gasteiger partial charge in [-0.05, 0) is 47.2 Å². The molecule has 0 aromatic heterocycles. The summed E-state index contributed by atoms with van der Waals surface area (Å²) in [5.41, 5.74) is -0.158. The number of carbonyl (C=O) groups excluding carboxylic acids is 1. The molecule has 3 heteroatoms. The number of hydrogen-bond donors (Lipinski definition) is 0. The Labute approximate surface area is 100 Å². The van der Waals surface area contributed by atoms with Crippen molar-refractivity contribution in [3.8, 4) is 0 Å². The summed E-state index contributed by atoms with van der Waals surface area (Å²) in [5, 5.41) is 0. The van der Waals surface area contributed by atoms with Gasteiger partial charge in [-0.2, -0.15) is 0 Å². The lowest BCUT2D eigenvalue weighted by molar-refractivity contribution is -0.189. The van der Waals surface area contributed by atoms with Gasteiger partial charge in [-0.3, -0.25) is 4.79 Å². The third kappa shape index (κ3) is 4.97. The predicted molar refractivity (Wildman–Crippen MR) is 67.5 cm³/mol. The van der Waals surface area contributed by atoms with E-state index >= 15 is 0 Å². The first kappa shape index (κ1) is 15.4. The average Bonchev–Trinajstić information content (AvgIpc) is 2.18. The summed E-state index contributed by atoms with van der Waals surface area (Å²) in [5.74, 6) is -0.0512. The Morgan fingerprint density at radius 3 is 2.31 bits per heavy atom. The van der Waals surface area contributed by atoms with Gasteiger partial charge in [0, 0.05) is 6.04 Å². The molecule has 1 rings (SSSR count). The van der Waals surface area contributed by atoms with E-state index in [0.717, 1.165) is 19.4 Å². The van der Waals surface area contributed by atoms with E-state index in [9.17, 15) is 4.79 Å². The van der Waals surface area contributed by atoms with E-state index < -0.39 is 0 Å². The monoisotopic (exact) mass is 229 g/mol. The molecule has 0 aliphatic carbocycles. The van der Waals surface area contributed by atoms with Gasteiger partial charge in [0.2, 0.25) is 0 Å². The molecule has 1 aliphatic rings. The first-order chi connectivity index (χ1) is 7.43. The van der Waals surface area contributed by atoms with Gasteiger partial charge < -0.3 is 9.64 Å². The Morgan fingerprint density at radius 2 is 1.94 bits per heavy atom. The van der Waals surface area contributed by atoms with Gasteiger partial charge in [0.15, 0.2) is 0 Å².